The zero-order valence-corrected chi connectivity index (χ0v) is 16.6. The molecule has 4 rings (SSSR count). The molecule has 0 aliphatic carbocycles. The van der Waals surface area contributed by atoms with Crippen molar-refractivity contribution in [2.45, 2.75) is 32.6 Å². The third kappa shape index (κ3) is 3.68. The Balaban J connectivity index is 1.84. The van der Waals surface area contributed by atoms with Gasteiger partial charge in [-0.25, -0.2) is 4.68 Å². The maximum Gasteiger partial charge on any atom is 0.271 e. The summed E-state index contributed by atoms with van der Waals surface area (Å²) in [6.07, 6.45) is 3.74. The van der Waals surface area contributed by atoms with Crippen LogP contribution >= 0.6 is 0 Å². The highest BCUT2D eigenvalue weighted by Crippen LogP contribution is 2.33. The maximum absolute atomic E-state index is 11.3. The number of methoxy groups -OCH3 is 1. The molecular formula is C22H24N4O3. The van der Waals surface area contributed by atoms with Gasteiger partial charge in [-0.1, -0.05) is 24.3 Å². The molecule has 1 aliphatic heterocycles. The van der Waals surface area contributed by atoms with E-state index in [0.717, 1.165) is 59.9 Å². The lowest BCUT2D eigenvalue weighted by Crippen LogP contribution is -2.08. The van der Waals surface area contributed by atoms with Crippen LogP contribution in [0.25, 0.3) is 5.69 Å². The Labute approximate surface area is 169 Å². The summed E-state index contributed by atoms with van der Waals surface area (Å²) in [6, 6.07) is 12.9. The van der Waals surface area contributed by atoms with Crippen LogP contribution in [-0.4, -0.2) is 28.4 Å². The lowest BCUT2D eigenvalue weighted by Gasteiger charge is -2.11. The molecule has 0 fully saturated rings. The predicted molar refractivity (Wildman–Crippen MR) is 112 cm³/mol. The number of nitrogens with one attached hydrogen (secondary N) is 1. The first kappa shape index (κ1) is 19.0. The van der Waals surface area contributed by atoms with Gasteiger partial charge in [-0.05, 0) is 37.8 Å². The van der Waals surface area contributed by atoms with E-state index >= 15 is 0 Å². The van der Waals surface area contributed by atoms with E-state index in [0.29, 0.717) is 6.42 Å². The lowest BCUT2D eigenvalue weighted by molar-refractivity contribution is -0.384. The Morgan fingerprint density at radius 1 is 1.24 bits per heavy atom. The normalized spacial score (nSPS) is 13.3. The molecule has 2 heterocycles. The van der Waals surface area contributed by atoms with Crippen molar-refractivity contribution in [1.82, 2.24) is 9.78 Å². The number of aryl methyl sites for hydroxylation is 1. The molecular weight excluding hydrogens is 368 g/mol. The van der Waals surface area contributed by atoms with Crippen LogP contribution in [-0.2, 0) is 12.8 Å². The van der Waals surface area contributed by atoms with Crippen LogP contribution < -0.4 is 10.1 Å². The van der Waals surface area contributed by atoms with Gasteiger partial charge >= 0.3 is 0 Å². The van der Waals surface area contributed by atoms with E-state index in [4.69, 9.17) is 9.84 Å². The fourth-order valence-corrected chi connectivity index (χ4v) is 3.86. The number of fused-ring (bicyclic) bond motifs is 1. The summed E-state index contributed by atoms with van der Waals surface area (Å²) in [7, 11) is 1.67. The highest BCUT2D eigenvalue weighted by Gasteiger charge is 2.23. The molecule has 0 amide bonds. The van der Waals surface area contributed by atoms with Gasteiger partial charge in [0, 0.05) is 36.2 Å². The van der Waals surface area contributed by atoms with Gasteiger partial charge in [-0.15, -0.1) is 0 Å². The van der Waals surface area contributed by atoms with Crippen LogP contribution in [0.2, 0.25) is 0 Å². The Morgan fingerprint density at radius 3 is 2.86 bits per heavy atom. The van der Waals surface area contributed by atoms with E-state index in [1.165, 1.54) is 11.6 Å². The quantitative estimate of drug-likeness (QED) is 0.513. The van der Waals surface area contributed by atoms with Crippen molar-refractivity contribution in [2.24, 2.45) is 0 Å². The summed E-state index contributed by atoms with van der Waals surface area (Å²) in [5, 5.41) is 19.7. The minimum atomic E-state index is -0.367. The monoisotopic (exact) mass is 392 g/mol. The maximum atomic E-state index is 11.3. The number of hydrogen-bond acceptors (Lipinski definition) is 5. The molecule has 7 nitrogen and oxygen atoms in total. The van der Waals surface area contributed by atoms with Gasteiger partial charge in [0.15, 0.2) is 0 Å². The molecule has 0 radical (unpaired) electrons. The van der Waals surface area contributed by atoms with E-state index < -0.39 is 0 Å². The zero-order chi connectivity index (χ0) is 20.4. The number of non-ortho nitro benzene ring substituents is 1. The molecule has 0 unspecified atom stereocenters. The number of benzene rings is 2. The van der Waals surface area contributed by atoms with Gasteiger partial charge in [0.2, 0.25) is 0 Å². The summed E-state index contributed by atoms with van der Waals surface area (Å²) >= 11 is 0. The van der Waals surface area contributed by atoms with Crippen molar-refractivity contribution in [3.63, 3.8) is 0 Å². The number of nitro benzene ring substituents is 1. The molecule has 1 N–H and O–H groups in total. The first-order valence-corrected chi connectivity index (χ1v) is 9.80. The predicted octanol–water partition coefficient (Wildman–Crippen LogP) is 4.44. The molecule has 0 spiro atoms. The van der Waals surface area contributed by atoms with Gasteiger partial charge in [0.05, 0.1) is 23.4 Å². The van der Waals surface area contributed by atoms with E-state index in [1.807, 2.05) is 35.9 Å². The van der Waals surface area contributed by atoms with Gasteiger partial charge in [-0.2, -0.15) is 5.10 Å². The van der Waals surface area contributed by atoms with Gasteiger partial charge in [0.25, 0.3) is 5.69 Å². The Hall–Kier alpha value is -3.35. The van der Waals surface area contributed by atoms with Crippen LogP contribution in [0.5, 0.6) is 5.75 Å². The third-order valence-electron chi connectivity index (χ3n) is 5.39. The SMILES string of the molecule is COc1ccccc1Cc1nn(-c2cc([N+](=O)[O-])ccc2C)c2c1CCCCN2. The Bertz CT molecular complexity index is 1060. The van der Waals surface area contributed by atoms with Crippen molar-refractivity contribution >= 4 is 11.5 Å². The summed E-state index contributed by atoms with van der Waals surface area (Å²) < 4.78 is 7.35. The number of para-hydroxylation sites is 1. The first-order valence-electron chi connectivity index (χ1n) is 9.80. The Kier molecular flexibility index (Phi) is 5.20. The molecule has 0 saturated carbocycles. The number of hydrogen-bond donors (Lipinski definition) is 1. The van der Waals surface area contributed by atoms with Crippen LogP contribution in [0.3, 0.4) is 0 Å². The highest BCUT2D eigenvalue weighted by molar-refractivity contribution is 5.59. The number of rotatable bonds is 5. The molecule has 150 valence electrons. The summed E-state index contributed by atoms with van der Waals surface area (Å²) in [6.45, 7) is 2.81. The van der Waals surface area contributed by atoms with E-state index in [2.05, 4.69) is 5.32 Å². The average Bonchev–Trinajstić information content (AvgIpc) is 2.89. The van der Waals surface area contributed by atoms with Gasteiger partial charge in [-0.3, -0.25) is 10.1 Å². The number of ether oxygens (including phenoxy) is 1. The van der Waals surface area contributed by atoms with Gasteiger partial charge < -0.3 is 10.1 Å². The molecule has 3 aromatic rings. The van der Waals surface area contributed by atoms with Crippen LogP contribution in [0.15, 0.2) is 42.5 Å². The largest absolute Gasteiger partial charge is 0.496 e. The number of anilines is 1. The van der Waals surface area contributed by atoms with E-state index in [9.17, 15) is 10.1 Å². The average molecular weight is 392 g/mol. The van der Waals surface area contributed by atoms with Crippen LogP contribution in [0.1, 0.15) is 35.2 Å². The van der Waals surface area contributed by atoms with Crippen molar-refractivity contribution in [3.05, 3.63) is 75.0 Å². The Morgan fingerprint density at radius 2 is 2.07 bits per heavy atom. The molecule has 2 aromatic carbocycles. The van der Waals surface area contributed by atoms with Crippen molar-refractivity contribution in [1.29, 1.82) is 0 Å². The van der Waals surface area contributed by atoms with Crippen LogP contribution in [0.4, 0.5) is 11.5 Å². The standard InChI is InChI=1S/C22H24N4O3/c1-15-10-11-17(26(27)28)14-20(15)25-22-18(8-5-6-12-23-22)19(24-25)13-16-7-3-4-9-21(16)29-2/h3-4,7,9-11,14,23H,5-6,8,12-13H2,1-2H3. The van der Waals surface area contributed by atoms with E-state index in [-0.39, 0.29) is 10.6 Å². The smallest absolute Gasteiger partial charge is 0.271 e. The zero-order valence-electron chi connectivity index (χ0n) is 16.6. The molecule has 1 aromatic heterocycles. The molecule has 29 heavy (non-hydrogen) atoms. The van der Waals surface area contributed by atoms with E-state index in [1.54, 1.807) is 19.2 Å². The summed E-state index contributed by atoms with van der Waals surface area (Å²) in [4.78, 5) is 10.9. The lowest BCUT2D eigenvalue weighted by atomic mass is 10.0. The third-order valence-corrected chi connectivity index (χ3v) is 5.39. The molecule has 0 bridgehead atoms. The number of nitrogens with zero attached hydrogens (tertiary/aromatic N) is 3. The second-order valence-corrected chi connectivity index (χ2v) is 7.29. The fraction of sp³-hybridized carbons (Fsp3) is 0.318. The van der Waals surface area contributed by atoms with Crippen molar-refractivity contribution in [2.75, 3.05) is 19.0 Å². The molecule has 0 atom stereocenters. The van der Waals surface area contributed by atoms with Crippen LogP contribution in [0, 0.1) is 17.0 Å². The minimum absolute atomic E-state index is 0.0646. The molecule has 1 aliphatic rings. The number of nitro groups is 1. The highest BCUT2D eigenvalue weighted by atomic mass is 16.6. The second kappa shape index (κ2) is 7.95. The molecule has 7 heteroatoms. The minimum Gasteiger partial charge on any atom is -0.496 e. The van der Waals surface area contributed by atoms with Crippen molar-refractivity contribution in [3.8, 4) is 11.4 Å². The second-order valence-electron chi connectivity index (χ2n) is 7.29. The summed E-state index contributed by atoms with van der Waals surface area (Å²) in [5.41, 5.74) is 4.97. The topological polar surface area (TPSA) is 82.2 Å². The first-order chi connectivity index (χ1) is 14.1. The van der Waals surface area contributed by atoms with Crippen molar-refractivity contribution < 1.29 is 9.66 Å². The number of aromatic nitrogens is 2. The van der Waals surface area contributed by atoms with Gasteiger partial charge in [0.1, 0.15) is 11.6 Å². The fourth-order valence-electron chi connectivity index (χ4n) is 3.86. The molecule has 0 saturated heterocycles. The summed E-state index contributed by atoms with van der Waals surface area (Å²) in [5.74, 6) is 1.78.